The summed E-state index contributed by atoms with van der Waals surface area (Å²) in [7, 11) is 0. The number of carbonyl (C=O) groups excluding carboxylic acids is 3. The minimum absolute atomic E-state index is 0.0562. The molecule has 6 heteroatoms. The van der Waals surface area contributed by atoms with Crippen molar-refractivity contribution in [2.75, 3.05) is 13.1 Å². The van der Waals surface area contributed by atoms with Gasteiger partial charge in [0, 0.05) is 25.9 Å². The molecule has 2 fully saturated rings. The average molecular weight is 255 g/mol. The molecular weight excluding hydrogens is 234 g/mol. The van der Waals surface area contributed by atoms with Crippen molar-refractivity contribution in [2.45, 2.75) is 45.1 Å². The van der Waals surface area contributed by atoms with E-state index in [1.165, 1.54) is 0 Å². The zero-order chi connectivity index (χ0) is 13.5. The number of likely N-dealkylation sites (tertiary alicyclic amines) is 1. The first kappa shape index (κ1) is 14.5. The van der Waals surface area contributed by atoms with Gasteiger partial charge in [0.25, 0.3) is 0 Å². The maximum absolute atomic E-state index is 11.2. The van der Waals surface area contributed by atoms with Gasteiger partial charge in [0.1, 0.15) is 6.04 Å². The first-order valence-corrected chi connectivity index (χ1v) is 6.41. The van der Waals surface area contributed by atoms with Gasteiger partial charge in [0.15, 0.2) is 0 Å². The topological polar surface area (TPSA) is 92.5 Å². The Balaban J connectivity index is 0.000000225. The van der Waals surface area contributed by atoms with Crippen molar-refractivity contribution < 1.29 is 14.4 Å². The summed E-state index contributed by atoms with van der Waals surface area (Å²) >= 11 is 0. The van der Waals surface area contributed by atoms with Gasteiger partial charge in [-0.3, -0.25) is 14.4 Å². The molecule has 3 N–H and O–H groups in total. The Morgan fingerprint density at radius 2 is 2.11 bits per heavy atom. The molecule has 0 saturated carbocycles. The van der Waals surface area contributed by atoms with Crippen LogP contribution in [-0.2, 0) is 14.4 Å². The van der Waals surface area contributed by atoms with Crippen LogP contribution in [0.5, 0.6) is 0 Å². The molecule has 0 aromatic rings. The van der Waals surface area contributed by atoms with Crippen molar-refractivity contribution in [1.82, 2.24) is 10.2 Å². The molecule has 102 valence electrons. The van der Waals surface area contributed by atoms with Gasteiger partial charge in [0.05, 0.1) is 0 Å². The van der Waals surface area contributed by atoms with E-state index in [0.29, 0.717) is 19.4 Å². The molecular formula is C12H21N3O3. The van der Waals surface area contributed by atoms with Crippen molar-refractivity contribution >= 4 is 17.7 Å². The van der Waals surface area contributed by atoms with Crippen molar-refractivity contribution in [3.63, 3.8) is 0 Å². The number of primary amides is 1. The number of nitrogens with two attached hydrogens (primary N) is 1. The van der Waals surface area contributed by atoms with Crippen LogP contribution in [0.25, 0.3) is 0 Å². The first-order chi connectivity index (χ1) is 8.56. The number of nitrogens with one attached hydrogen (secondary N) is 1. The summed E-state index contributed by atoms with van der Waals surface area (Å²) in [6.45, 7) is 3.43. The fourth-order valence-corrected chi connectivity index (χ4v) is 2.14. The number of hydrogen-bond acceptors (Lipinski definition) is 3. The van der Waals surface area contributed by atoms with E-state index < -0.39 is 5.91 Å². The summed E-state index contributed by atoms with van der Waals surface area (Å²) in [4.78, 5) is 33.8. The fraction of sp³-hybridized carbons (Fsp3) is 0.750. The normalized spacial score (nSPS) is 20.2. The van der Waals surface area contributed by atoms with Crippen LogP contribution in [0.2, 0.25) is 0 Å². The molecule has 0 aliphatic carbocycles. The lowest BCUT2D eigenvalue weighted by Crippen LogP contribution is -2.44. The third-order valence-corrected chi connectivity index (χ3v) is 3.10. The summed E-state index contributed by atoms with van der Waals surface area (Å²) in [5.41, 5.74) is 5.16. The lowest BCUT2D eigenvalue weighted by molar-refractivity contribution is -0.136. The van der Waals surface area contributed by atoms with Gasteiger partial charge in [0.2, 0.25) is 17.7 Å². The van der Waals surface area contributed by atoms with Gasteiger partial charge in [-0.15, -0.1) is 0 Å². The average Bonchev–Trinajstić information content (AvgIpc) is 2.93. The van der Waals surface area contributed by atoms with Gasteiger partial charge in [-0.2, -0.15) is 0 Å². The van der Waals surface area contributed by atoms with E-state index in [1.54, 1.807) is 4.90 Å². The molecule has 1 unspecified atom stereocenters. The molecule has 2 aliphatic heterocycles. The number of carbonyl (C=O) groups is 3. The minimum Gasteiger partial charge on any atom is -0.368 e. The quantitative estimate of drug-likeness (QED) is 0.729. The van der Waals surface area contributed by atoms with E-state index in [2.05, 4.69) is 5.32 Å². The zero-order valence-electron chi connectivity index (χ0n) is 10.8. The van der Waals surface area contributed by atoms with Crippen LogP contribution >= 0.6 is 0 Å². The molecule has 0 spiro atoms. The Kier molecular flexibility index (Phi) is 5.61. The molecule has 6 nitrogen and oxygen atoms in total. The number of hydrogen-bond donors (Lipinski definition) is 2. The number of nitrogens with zero attached hydrogens (tertiary/aromatic N) is 1. The Morgan fingerprint density at radius 1 is 1.39 bits per heavy atom. The van der Waals surface area contributed by atoms with E-state index in [1.807, 2.05) is 6.92 Å². The third kappa shape index (κ3) is 4.01. The zero-order valence-corrected chi connectivity index (χ0v) is 10.8. The second-order valence-corrected chi connectivity index (χ2v) is 4.47. The Hall–Kier alpha value is -1.59. The van der Waals surface area contributed by atoms with E-state index in [0.717, 1.165) is 25.8 Å². The van der Waals surface area contributed by atoms with E-state index >= 15 is 0 Å². The van der Waals surface area contributed by atoms with Crippen LogP contribution in [0.1, 0.15) is 39.0 Å². The van der Waals surface area contributed by atoms with Crippen molar-refractivity contribution in [2.24, 2.45) is 5.73 Å². The Labute approximate surface area is 107 Å². The molecule has 3 amide bonds. The third-order valence-electron chi connectivity index (χ3n) is 3.10. The van der Waals surface area contributed by atoms with Crippen LogP contribution in [0, 0.1) is 0 Å². The standard InChI is InChI=1S/C8H14N2O2.C4H7NO/c1-2-6(8(9)12)10-5-3-4-7(10)11;6-4-2-1-3-5-4/h6H,2-5H2,1H3,(H2,9,12);1-3H2,(H,5,6). The molecule has 0 aromatic carbocycles. The Bertz CT molecular complexity index is 323. The van der Waals surface area contributed by atoms with Crippen LogP contribution in [-0.4, -0.2) is 41.8 Å². The summed E-state index contributed by atoms with van der Waals surface area (Å²) in [6.07, 6.45) is 3.78. The molecule has 1 atom stereocenters. The molecule has 2 rings (SSSR count). The first-order valence-electron chi connectivity index (χ1n) is 6.41. The maximum atomic E-state index is 11.2. The van der Waals surface area contributed by atoms with E-state index in [9.17, 15) is 14.4 Å². The maximum Gasteiger partial charge on any atom is 0.240 e. The van der Waals surface area contributed by atoms with Crippen molar-refractivity contribution in [3.8, 4) is 0 Å². The van der Waals surface area contributed by atoms with Crippen LogP contribution < -0.4 is 11.1 Å². The molecule has 2 aliphatic rings. The van der Waals surface area contributed by atoms with Gasteiger partial charge >= 0.3 is 0 Å². The molecule has 18 heavy (non-hydrogen) atoms. The van der Waals surface area contributed by atoms with Gasteiger partial charge in [-0.25, -0.2) is 0 Å². The molecule has 0 bridgehead atoms. The summed E-state index contributed by atoms with van der Waals surface area (Å²) in [5.74, 6) is -0.136. The van der Waals surface area contributed by atoms with Crippen molar-refractivity contribution in [3.05, 3.63) is 0 Å². The highest BCUT2D eigenvalue weighted by atomic mass is 16.2. The van der Waals surface area contributed by atoms with E-state index in [4.69, 9.17) is 5.73 Å². The lowest BCUT2D eigenvalue weighted by atomic mass is 10.2. The minimum atomic E-state index is -0.396. The second kappa shape index (κ2) is 6.98. The van der Waals surface area contributed by atoms with Crippen molar-refractivity contribution in [1.29, 1.82) is 0 Å². The fourth-order valence-electron chi connectivity index (χ4n) is 2.14. The highest BCUT2D eigenvalue weighted by Gasteiger charge is 2.29. The molecule has 0 radical (unpaired) electrons. The second-order valence-electron chi connectivity index (χ2n) is 4.47. The Morgan fingerprint density at radius 3 is 2.39 bits per heavy atom. The van der Waals surface area contributed by atoms with Crippen LogP contribution in [0.4, 0.5) is 0 Å². The van der Waals surface area contributed by atoms with Gasteiger partial charge in [-0.05, 0) is 19.3 Å². The monoisotopic (exact) mass is 255 g/mol. The largest absolute Gasteiger partial charge is 0.368 e. The summed E-state index contributed by atoms with van der Waals surface area (Å²) in [6, 6.07) is -0.389. The van der Waals surface area contributed by atoms with Gasteiger partial charge < -0.3 is 16.0 Å². The smallest absolute Gasteiger partial charge is 0.240 e. The van der Waals surface area contributed by atoms with Gasteiger partial charge in [-0.1, -0.05) is 6.92 Å². The number of amides is 3. The van der Waals surface area contributed by atoms with Crippen LogP contribution in [0.3, 0.4) is 0 Å². The molecule has 2 saturated heterocycles. The summed E-state index contributed by atoms with van der Waals surface area (Å²) in [5, 5.41) is 2.68. The highest BCUT2D eigenvalue weighted by Crippen LogP contribution is 2.15. The lowest BCUT2D eigenvalue weighted by Gasteiger charge is -2.23. The SMILES string of the molecule is CCC(C(N)=O)N1CCCC1=O.O=C1CCCN1. The molecule has 2 heterocycles. The number of rotatable bonds is 3. The highest BCUT2D eigenvalue weighted by molar-refractivity contribution is 5.87. The van der Waals surface area contributed by atoms with Crippen LogP contribution in [0.15, 0.2) is 0 Å². The predicted octanol–water partition coefficient (Wildman–Crippen LogP) is -0.231. The predicted molar refractivity (Wildman–Crippen MR) is 66.5 cm³/mol. The summed E-state index contributed by atoms with van der Waals surface area (Å²) < 4.78 is 0. The molecule has 0 aromatic heterocycles. The van der Waals surface area contributed by atoms with E-state index in [-0.39, 0.29) is 17.9 Å².